The fourth-order valence-electron chi connectivity index (χ4n) is 1.88. The fraction of sp³-hybridized carbons (Fsp3) is 0.0769. The van der Waals surface area contributed by atoms with Crippen molar-refractivity contribution < 1.29 is 4.74 Å². The van der Waals surface area contributed by atoms with E-state index in [1.54, 1.807) is 48.5 Å². The van der Waals surface area contributed by atoms with Crippen LogP contribution in [-0.4, -0.2) is 21.9 Å². The lowest BCUT2D eigenvalue weighted by atomic mass is 10.2. The third kappa shape index (κ3) is 1.66. The lowest BCUT2D eigenvalue weighted by molar-refractivity contribution is 0.415. The molecule has 0 saturated heterocycles. The molecule has 0 bridgehead atoms. The van der Waals surface area contributed by atoms with Crippen molar-refractivity contribution in [2.45, 2.75) is 0 Å². The molecule has 0 radical (unpaired) electrons. The largest absolute Gasteiger partial charge is 0.497 e. The molecule has 0 unspecified atom stereocenters. The molecule has 5 heteroatoms. The Morgan fingerprint density at radius 1 is 1.33 bits per heavy atom. The monoisotopic (exact) mass is 241 g/mol. The third-order valence-corrected chi connectivity index (χ3v) is 2.77. The Labute approximate surface area is 103 Å². The molecular weight excluding hydrogens is 230 g/mol. The molecule has 18 heavy (non-hydrogen) atoms. The number of hydrogen-bond donors (Lipinski definition) is 1. The Hall–Kier alpha value is -2.56. The van der Waals surface area contributed by atoms with Gasteiger partial charge in [0.25, 0.3) is 0 Å². The molecule has 1 aromatic carbocycles. The Morgan fingerprint density at radius 3 is 2.94 bits per heavy atom. The molecule has 0 saturated carbocycles. The number of nitrogens with one attached hydrogen (secondary N) is 1. The van der Waals surface area contributed by atoms with Crippen LogP contribution in [0.2, 0.25) is 0 Å². The maximum absolute atomic E-state index is 12.0. The Kier molecular flexibility index (Phi) is 2.37. The molecule has 2 heterocycles. The number of rotatable bonds is 2. The Bertz CT molecular complexity index is 745. The second-order valence-corrected chi connectivity index (χ2v) is 3.88. The van der Waals surface area contributed by atoms with E-state index in [9.17, 15) is 4.79 Å². The van der Waals surface area contributed by atoms with Gasteiger partial charge in [0.1, 0.15) is 11.6 Å². The summed E-state index contributed by atoms with van der Waals surface area (Å²) in [5, 5.41) is 4.72. The van der Waals surface area contributed by atoms with Crippen LogP contribution >= 0.6 is 0 Å². The van der Waals surface area contributed by atoms with Gasteiger partial charge in [0, 0.05) is 29.9 Å². The molecule has 1 N–H and O–H groups in total. The summed E-state index contributed by atoms with van der Waals surface area (Å²) in [6.45, 7) is 0. The third-order valence-electron chi connectivity index (χ3n) is 2.77. The summed E-state index contributed by atoms with van der Waals surface area (Å²) >= 11 is 0. The van der Waals surface area contributed by atoms with Crippen LogP contribution in [0, 0.1) is 0 Å². The molecule has 2 aromatic heterocycles. The highest BCUT2D eigenvalue weighted by Crippen LogP contribution is 2.17. The van der Waals surface area contributed by atoms with Gasteiger partial charge in [-0.15, -0.1) is 0 Å². The van der Waals surface area contributed by atoms with E-state index in [0.717, 1.165) is 5.52 Å². The highest BCUT2D eigenvalue weighted by atomic mass is 16.5. The van der Waals surface area contributed by atoms with Crippen LogP contribution in [0.3, 0.4) is 0 Å². The van der Waals surface area contributed by atoms with E-state index in [-0.39, 0.29) is 5.43 Å². The van der Waals surface area contributed by atoms with Gasteiger partial charge in [0.05, 0.1) is 12.6 Å². The smallest absolute Gasteiger partial charge is 0.191 e. The van der Waals surface area contributed by atoms with Crippen LogP contribution in [0.1, 0.15) is 0 Å². The topological polar surface area (TPSA) is 59.9 Å². The van der Waals surface area contributed by atoms with Crippen LogP contribution < -0.4 is 10.2 Å². The number of fused-ring (bicyclic) bond motifs is 1. The minimum absolute atomic E-state index is 0.0445. The number of nitrogens with zero attached hydrogens (tertiary/aromatic N) is 2. The van der Waals surface area contributed by atoms with Crippen molar-refractivity contribution in [3.63, 3.8) is 0 Å². The fourth-order valence-corrected chi connectivity index (χ4v) is 1.88. The van der Waals surface area contributed by atoms with Crippen molar-refractivity contribution in [1.82, 2.24) is 14.8 Å². The maximum Gasteiger partial charge on any atom is 0.191 e. The molecule has 0 aliphatic rings. The van der Waals surface area contributed by atoms with Crippen molar-refractivity contribution in [2.24, 2.45) is 0 Å². The van der Waals surface area contributed by atoms with Crippen molar-refractivity contribution in [1.29, 1.82) is 0 Å². The summed E-state index contributed by atoms with van der Waals surface area (Å²) in [5.41, 5.74) is 0.684. The first kappa shape index (κ1) is 10.6. The lowest BCUT2D eigenvalue weighted by Gasteiger charge is -2.05. The zero-order valence-corrected chi connectivity index (χ0v) is 9.75. The highest BCUT2D eigenvalue weighted by Gasteiger charge is 2.04. The summed E-state index contributed by atoms with van der Waals surface area (Å²) in [6, 6.07) is 8.64. The second kappa shape index (κ2) is 4.03. The van der Waals surface area contributed by atoms with Crippen molar-refractivity contribution in [2.75, 3.05) is 7.11 Å². The van der Waals surface area contributed by atoms with Gasteiger partial charge in [-0.1, -0.05) is 0 Å². The van der Waals surface area contributed by atoms with Gasteiger partial charge in [0.15, 0.2) is 5.43 Å². The number of aromatic nitrogens is 3. The lowest BCUT2D eigenvalue weighted by Crippen LogP contribution is -2.07. The SMILES string of the molecule is COc1ccc2c(=O)cc(-n3cccn3)[nH]c2c1. The molecule has 0 spiro atoms. The summed E-state index contributed by atoms with van der Waals surface area (Å²) in [5.74, 6) is 1.33. The number of ether oxygens (including phenoxy) is 1. The zero-order valence-electron chi connectivity index (χ0n) is 9.75. The number of benzene rings is 1. The number of pyridine rings is 1. The summed E-state index contributed by atoms with van der Waals surface area (Å²) < 4.78 is 6.76. The summed E-state index contributed by atoms with van der Waals surface area (Å²) in [7, 11) is 1.59. The van der Waals surface area contributed by atoms with E-state index in [1.807, 2.05) is 0 Å². The molecular formula is C13H11N3O2. The summed E-state index contributed by atoms with van der Waals surface area (Å²) in [6.07, 6.45) is 3.44. The van der Waals surface area contributed by atoms with Crippen molar-refractivity contribution in [3.05, 3.63) is 52.9 Å². The van der Waals surface area contributed by atoms with E-state index in [4.69, 9.17) is 4.74 Å². The first-order chi connectivity index (χ1) is 8.78. The number of methoxy groups -OCH3 is 1. The number of aromatic amines is 1. The molecule has 3 aromatic rings. The number of hydrogen-bond acceptors (Lipinski definition) is 3. The molecule has 5 nitrogen and oxygen atoms in total. The van der Waals surface area contributed by atoms with E-state index in [2.05, 4.69) is 10.1 Å². The van der Waals surface area contributed by atoms with Crippen LogP contribution in [0.4, 0.5) is 0 Å². The van der Waals surface area contributed by atoms with Gasteiger partial charge in [-0.05, 0) is 18.2 Å². The molecule has 0 aliphatic heterocycles. The Balaban J connectivity index is 2.28. The predicted molar refractivity (Wildman–Crippen MR) is 68.2 cm³/mol. The first-order valence-electron chi connectivity index (χ1n) is 5.49. The van der Waals surface area contributed by atoms with Crippen LogP contribution in [-0.2, 0) is 0 Å². The van der Waals surface area contributed by atoms with Crippen LogP contribution in [0.15, 0.2) is 47.5 Å². The van der Waals surface area contributed by atoms with Gasteiger partial charge in [-0.2, -0.15) is 5.10 Å². The van der Waals surface area contributed by atoms with Gasteiger partial charge in [0.2, 0.25) is 0 Å². The van der Waals surface area contributed by atoms with Gasteiger partial charge in [-0.3, -0.25) is 4.79 Å². The van der Waals surface area contributed by atoms with Gasteiger partial charge < -0.3 is 9.72 Å². The second-order valence-electron chi connectivity index (χ2n) is 3.88. The average molecular weight is 241 g/mol. The van der Waals surface area contributed by atoms with Crippen molar-refractivity contribution >= 4 is 10.9 Å². The average Bonchev–Trinajstić information content (AvgIpc) is 2.91. The molecule has 0 amide bonds. The summed E-state index contributed by atoms with van der Waals surface area (Å²) in [4.78, 5) is 15.2. The minimum atomic E-state index is -0.0445. The van der Waals surface area contributed by atoms with E-state index in [0.29, 0.717) is 17.0 Å². The molecule has 0 aliphatic carbocycles. The number of H-pyrrole nitrogens is 1. The predicted octanol–water partition coefficient (Wildman–Crippen LogP) is 1.72. The maximum atomic E-state index is 12.0. The van der Waals surface area contributed by atoms with E-state index < -0.39 is 0 Å². The first-order valence-corrected chi connectivity index (χ1v) is 5.49. The molecule has 0 atom stereocenters. The highest BCUT2D eigenvalue weighted by molar-refractivity contribution is 5.80. The van der Waals surface area contributed by atoms with E-state index in [1.165, 1.54) is 6.07 Å². The van der Waals surface area contributed by atoms with Crippen molar-refractivity contribution in [3.8, 4) is 11.6 Å². The standard InChI is InChI=1S/C13H11N3O2/c1-18-9-3-4-10-11(7-9)15-13(8-12(10)17)16-6-2-5-14-16/h2-8H,1H3,(H,15,17). The Morgan fingerprint density at radius 2 is 2.22 bits per heavy atom. The normalized spacial score (nSPS) is 10.7. The molecule has 90 valence electrons. The molecule has 3 rings (SSSR count). The minimum Gasteiger partial charge on any atom is -0.497 e. The van der Waals surface area contributed by atoms with E-state index >= 15 is 0 Å². The van der Waals surface area contributed by atoms with Crippen LogP contribution in [0.25, 0.3) is 16.7 Å². The zero-order chi connectivity index (χ0) is 12.5. The van der Waals surface area contributed by atoms with Gasteiger partial charge in [-0.25, -0.2) is 4.68 Å². The molecule has 0 fully saturated rings. The quantitative estimate of drug-likeness (QED) is 0.743. The van der Waals surface area contributed by atoms with Gasteiger partial charge >= 0.3 is 0 Å². The van der Waals surface area contributed by atoms with Crippen LogP contribution in [0.5, 0.6) is 5.75 Å².